The summed E-state index contributed by atoms with van der Waals surface area (Å²) < 4.78 is 0. The van der Waals surface area contributed by atoms with Crippen molar-refractivity contribution in [3.63, 3.8) is 0 Å². The molecule has 2 atom stereocenters. The van der Waals surface area contributed by atoms with Gasteiger partial charge < -0.3 is 10.2 Å². The van der Waals surface area contributed by atoms with Gasteiger partial charge in [-0.1, -0.05) is 26.0 Å². The number of carboxylic acids is 2. The van der Waals surface area contributed by atoms with Crippen molar-refractivity contribution in [2.24, 2.45) is 10.8 Å². The van der Waals surface area contributed by atoms with Crippen molar-refractivity contribution in [2.45, 2.75) is 39.5 Å². The number of rotatable bonds is 4. The zero-order valence-electron chi connectivity index (χ0n) is 9.69. The lowest BCUT2D eigenvalue weighted by atomic mass is 9.55. The maximum Gasteiger partial charge on any atom is 0.311 e. The number of allylic oxidation sites excluding steroid dienone is 2. The third kappa shape index (κ3) is 1.44. The van der Waals surface area contributed by atoms with Crippen LogP contribution in [0.5, 0.6) is 0 Å². The van der Waals surface area contributed by atoms with Crippen LogP contribution < -0.4 is 0 Å². The summed E-state index contributed by atoms with van der Waals surface area (Å²) in [4.78, 5) is 23.0. The summed E-state index contributed by atoms with van der Waals surface area (Å²) >= 11 is 0. The van der Waals surface area contributed by atoms with E-state index in [-0.39, 0.29) is 0 Å². The van der Waals surface area contributed by atoms with E-state index in [1.165, 1.54) is 0 Å². The molecule has 0 fully saturated rings. The molecule has 0 aromatic carbocycles. The van der Waals surface area contributed by atoms with Crippen molar-refractivity contribution in [3.05, 3.63) is 12.2 Å². The highest BCUT2D eigenvalue weighted by Crippen LogP contribution is 2.53. The van der Waals surface area contributed by atoms with Crippen molar-refractivity contribution < 1.29 is 19.8 Å². The maximum atomic E-state index is 11.5. The smallest absolute Gasteiger partial charge is 0.311 e. The normalized spacial score (nSPS) is 33.6. The lowest BCUT2D eigenvalue weighted by Crippen LogP contribution is -2.52. The van der Waals surface area contributed by atoms with Crippen molar-refractivity contribution in [1.29, 1.82) is 0 Å². The Morgan fingerprint density at radius 3 is 1.50 bits per heavy atom. The summed E-state index contributed by atoms with van der Waals surface area (Å²) in [6, 6.07) is 0. The van der Waals surface area contributed by atoms with Crippen LogP contribution in [-0.2, 0) is 9.59 Å². The van der Waals surface area contributed by atoms with Gasteiger partial charge in [0.2, 0.25) is 0 Å². The van der Waals surface area contributed by atoms with Gasteiger partial charge in [0.1, 0.15) is 0 Å². The van der Waals surface area contributed by atoms with Crippen LogP contribution in [0.2, 0.25) is 0 Å². The Kier molecular flexibility index (Phi) is 3.41. The first-order chi connectivity index (χ1) is 7.47. The van der Waals surface area contributed by atoms with Gasteiger partial charge in [0.15, 0.2) is 0 Å². The zero-order valence-corrected chi connectivity index (χ0v) is 9.69. The number of aliphatic carboxylic acids is 2. The molecule has 1 aliphatic carbocycles. The quantitative estimate of drug-likeness (QED) is 0.721. The molecule has 0 heterocycles. The Morgan fingerprint density at radius 2 is 1.31 bits per heavy atom. The Morgan fingerprint density at radius 1 is 1.00 bits per heavy atom. The third-order valence-corrected chi connectivity index (χ3v) is 4.04. The fraction of sp³-hybridized carbons (Fsp3) is 0.667. The largest absolute Gasteiger partial charge is 0.481 e. The monoisotopic (exact) mass is 226 g/mol. The average molecular weight is 226 g/mol. The molecular formula is C12H18O4. The molecule has 0 aromatic rings. The van der Waals surface area contributed by atoms with Gasteiger partial charge in [-0.15, -0.1) is 0 Å². The summed E-state index contributed by atoms with van der Waals surface area (Å²) in [7, 11) is 0. The molecule has 90 valence electrons. The molecule has 0 aliphatic heterocycles. The Balaban J connectivity index is 3.36. The van der Waals surface area contributed by atoms with E-state index in [2.05, 4.69) is 0 Å². The van der Waals surface area contributed by atoms with Gasteiger partial charge in [-0.3, -0.25) is 9.59 Å². The minimum atomic E-state index is -1.16. The SMILES string of the molecule is CC[C@]1(C(=O)O)CC=CC[C@]1(CC)C(=O)O. The highest BCUT2D eigenvalue weighted by Gasteiger charge is 2.59. The first-order valence-electron chi connectivity index (χ1n) is 5.58. The van der Waals surface area contributed by atoms with E-state index in [1.54, 1.807) is 26.0 Å². The molecule has 4 heteroatoms. The lowest BCUT2D eigenvalue weighted by Gasteiger charge is -2.45. The summed E-state index contributed by atoms with van der Waals surface area (Å²) in [5.74, 6) is -1.99. The molecule has 0 bridgehead atoms. The van der Waals surface area contributed by atoms with Gasteiger partial charge in [-0.05, 0) is 25.7 Å². The van der Waals surface area contributed by atoms with Crippen LogP contribution in [0.4, 0.5) is 0 Å². The summed E-state index contributed by atoms with van der Waals surface area (Å²) in [5, 5.41) is 18.8. The van der Waals surface area contributed by atoms with Crippen molar-refractivity contribution >= 4 is 11.9 Å². The molecule has 16 heavy (non-hydrogen) atoms. The predicted molar refractivity (Wildman–Crippen MR) is 59.1 cm³/mol. The Bertz CT molecular complexity index is 302. The molecule has 0 unspecified atom stereocenters. The summed E-state index contributed by atoms with van der Waals surface area (Å²) in [6.07, 6.45) is 4.86. The minimum absolute atomic E-state index is 0.305. The lowest BCUT2D eigenvalue weighted by molar-refractivity contribution is -0.176. The molecule has 0 amide bonds. The molecule has 1 rings (SSSR count). The van der Waals surface area contributed by atoms with E-state index >= 15 is 0 Å². The summed E-state index contributed by atoms with van der Waals surface area (Å²) in [5.41, 5.74) is -2.33. The highest BCUT2D eigenvalue weighted by atomic mass is 16.4. The number of carboxylic acid groups (broad SMARTS) is 2. The molecule has 0 saturated heterocycles. The molecule has 1 aliphatic rings. The molecule has 0 saturated carbocycles. The zero-order chi connectivity index (χ0) is 12.4. The van der Waals surface area contributed by atoms with Crippen LogP contribution in [0, 0.1) is 10.8 Å². The van der Waals surface area contributed by atoms with Crippen LogP contribution in [0.1, 0.15) is 39.5 Å². The highest BCUT2D eigenvalue weighted by molar-refractivity contribution is 5.87. The maximum absolute atomic E-state index is 11.5. The van der Waals surface area contributed by atoms with Gasteiger partial charge >= 0.3 is 11.9 Å². The van der Waals surface area contributed by atoms with Crippen molar-refractivity contribution in [3.8, 4) is 0 Å². The van der Waals surface area contributed by atoms with E-state index in [1.807, 2.05) is 0 Å². The first-order valence-corrected chi connectivity index (χ1v) is 5.58. The fourth-order valence-corrected chi connectivity index (χ4v) is 2.81. The van der Waals surface area contributed by atoms with Crippen LogP contribution in [0.3, 0.4) is 0 Å². The van der Waals surface area contributed by atoms with Gasteiger partial charge in [0.05, 0.1) is 10.8 Å². The van der Waals surface area contributed by atoms with Gasteiger partial charge in [-0.25, -0.2) is 0 Å². The molecule has 0 spiro atoms. The number of hydrogen-bond acceptors (Lipinski definition) is 2. The fourth-order valence-electron chi connectivity index (χ4n) is 2.81. The first kappa shape index (κ1) is 12.7. The van der Waals surface area contributed by atoms with E-state index in [0.717, 1.165) is 0 Å². The second kappa shape index (κ2) is 4.28. The Hall–Kier alpha value is -1.32. The van der Waals surface area contributed by atoms with Crippen LogP contribution in [0.25, 0.3) is 0 Å². The minimum Gasteiger partial charge on any atom is -0.481 e. The average Bonchev–Trinajstić information content (AvgIpc) is 2.27. The number of carbonyl (C=O) groups is 2. The molecule has 4 nitrogen and oxygen atoms in total. The summed E-state index contributed by atoms with van der Waals surface area (Å²) in [6.45, 7) is 3.50. The van der Waals surface area contributed by atoms with Crippen molar-refractivity contribution in [1.82, 2.24) is 0 Å². The molecule has 0 aromatic heterocycles. The predicted octanol–water partition coefficient (Wildman–Crippen LogP) is 2.30. The van der Waals surface area contributed by atoms with E-state index < -0.39 is 22.8 Å². The van der Waals surface area contributed by atoms with Crippen LogP contribution in [-0.4, -0.2) is 22.2 Å². The molecule has 2 N–H and O–H groups in total. The molecule has 0 radical (unpaired) electrons. The van der Waals surface area contributed by atoms with Gasteiger partial charge in [0.25, 0.3) is 0 Å². The second-order valence-electron chi connectivity index (χ2n) is 4.36. The topological polar surface area (TPSA) is 74.6 Å². The van der Waals surface area contributed by atoms with E-state index in [0.29, 0.717) is 25.7 Å². The van der Waals surface area contributed by atoms with Crippen LogP contribution in [0.15, 0.2) is 12.2 Å². The van der Waals surface area contributed by atoms with Gasteiger partial charge in [0, 0.05) is 0 Å². The Labute approximate surface area is 95.0 Å². The second-order valence-corrected chi connectivity index (χ2v) is 4.36. The molecular weight excluding hydrogens is 208 g/mol. The standard InChI is InChI=1S/C12H18O4/c1-3-11(9(13)14)7-5-6-8-12(11,4-2)10(15)16/h5-6H,3-4,7-8H2,1-2H3,(H,13,14)(H,15,16)/t11-,12-/m1/s1. The number of hydrogen-bond donors (Lipinski definition) is 2. The third-order valence-electron chi connectivity index (χ3n) is 4.04. The van der Waals surface area contributed by atoms with Crippen LogP contribution >= 0.6 is 0 Å². The van der Waals surface area contributed by atoms with E-state index in [4.69, 9.17) is 0 Å². The van der Waals surface area contributed by atoms with E-state index in [9.17, 15) is 19.8 Å². The van der Waals surface area contributed by atoms with Gasteiger partial charge in [-0.2, -0.15) is 0 Å². The van der Waals surface area contributed by atoms with Crippen molar-refractivity contribution in [2.75, 3.05) is 0 Å².